The number of carbonyl (C=O) groups is 1. The molecule has 0 saturated carbocycles. The number of nitrogens with two attached hydrogens (primary N) is 1. The number of nitrogen functional groups attached to an aromatic ring is 1. The molecule has 3 nitrogen and oxygen atoms in total. The van der Waals surface area contributed by atoms with Crippen LogP contribution in [0.4, 0.5) is 15.8 Å². The van der Waals surface area contributed by atoms with Crippen molar-refractivity contribution in [3.63, 3.8) is 0 Å². The summed E-state index contributed by atoms with van der Waals surface area (Å²) in [6.45, 7) is 3.86. The molecule has 2 aromatic carbocycles. The first-order valence-electron chi connectivity index (χ1n) is 6.02. The van der Waals surface area contributed by atoms with Gasteiger partial charge in [-0.05, 0) is 65.2 Å². The Labute approximate surface area is 125 Å². The minimum atomic E-state index is -0.584. The summed E-state index contributed by atoms with van der Waals surface area (Å²) in [6.07, 6.45) is 0. The number of halogens is 2. The molecule has 5 heteroatoms. The van der Waals surface area contributed by atoms with E-state index < -0.39 is 11.7 Å². The Morgan fingerprint density at radius 3 is 2.55 bits per heavy atom. The second kappa shape index (κ2) is 5.63. The Balaban J connectivity index is 2.35. The van der Waals surface area contributed by atoms with Crippen molar-refractivity contribution in [3.8, 4) is 0 Å². The molecule has 0 heterocycles. The highest BCUT2D eigenvalue weighted by Gasteiger charge is 2.16. The van der Waals surface area contributed by atoms with Crippen LogP contribution in [-0.4, -0.2) is 5.91 Å². The second-order valence-corrected chi connectivity index (χ2v) is 5.43. The molecule has 0 spiro atoms. The third-order valence-electron chi connectivity index (χ3n) is 3.10. The molecule has 104 valence electrons. The predicted molar refractivity (Wildman–Crippen MR) is 82.4 cm³/mol. The van der Waals surface area contributed by atoms with Gasteiger partial charge in [-0.25, -0.2) is 4.39 Å². The number of amides is 1. The van der Waals surface area contributed by atoms with E-state index in [4.69, 9.17) is 5.73 Å². The van der Waals surface area contributed by atoms with Crippen LogP contribution in [0.1, 0.15) is 21.5 Å². The van der Waals surface area contributed by atoms with Crippen LogP contribution in [-0.2, 0) is 0 Å². The molecule has 0 bridgehead atoms. The van der Waals surface area contributed by atoms with Crippen LogP contribution in [0.5, 0.6) is 0 Å². The fraction of sp³-hybridized carbons (Fsp3) is 0.133. The smallest absolute Gasteiger partial charge is 0.259 e. The van der Waals surface area contributed by atoms with Crippen LogP contribution in [0.15, 0.2) is 34.8 Å². The molecule has 3 N–H and O–H groups in total. The number of carbonyl (C=O) groups excluding carboxylic acids is 1. The van der Waals surface area contributed by atoms with E-state index in [0.29, 0.717) is 15.8 Å². The van der Waals surface area contributed by atoms with Crippen molar-refractivity contribution in [1.29, 1.82) is 0 Å². The lowest BCUT2D eigenvalue weighted by Gasteiger charge is -2.12. The van der Waals surface area contributed by atoms with Crippen LogP contribution >= 0.6 is 15.9 Å². The number of hydrogen-bond acceptors (Lipinski definition) is 2. The number of benzene rings is 2. The van der Waals surface area contributed by atoms with E-state index in [1.165, 1.54) is 12.1 Å². The van der Waals surface area contributed by atoms with Gasteiger partial charge in [-0.2, -0.15) is 0 Å². The molecule has 0 atom stereocenters. The first-order chi connectivity index (χ1) is 9.40. The minimum Gasteiger partial charge on any atom is -0.397 e. The zero-order valence-electron chi connectivity index (χ0n) is 11.1. The maximum atomic E-state index is 13.7. The highest BCUT2D eigenvalue weighted by molar-refractivity contribution is 9.10. The van der Waals surface area contributed by atoms with Crippen LogP contribution in [0.25, 0.3) is 0 Å². The van der Waals surface area contributed by atoms with E-state index in [1.54, 1.807) is 18.2 Å². The van der Waals surface area contributed by atoms with Crippen molar-refractivity contribution in [2.45, 2.75) is 13.8 Å². The summed E-state index contributed by atoms with van der Waals surface area (Å²) >= 11 is 3.17. The Bertz CT molecular complexity index is 666. The summed E-state index contributed by atoms with van der Waals surface area (Å²) in [6, 6.07) is 7.93. The normalized spacial score (nSPS) is 10.4. The molecule has 0 aliphatic rings. The number of hydrogen-bond donors (Lipinski definition) is 2. The molecule has 0 saturated heterocycles. The minimum absolute atomic E-state index is 0.0369. The average Bonchev–Trinajstić information content (AvgIpc) is 2.35. The molecular weight excluding hydrogens is 323 g/mol. The van der Waals surface area contributed by atoms with E-state index >= 15 is 0 Å². The second-order valence-electron chi connectivity index (χ2n) is 4.57. The van der Waals surface area contributed by atoms with Crippen molar-refractivity contribution in [2.24, 2.45) is 0 Å². The monoisotopic (exact) mass is 336 g/mol. The van der Waals surface area contributed by atoms with Gasteiger partial charge in [0, 0.05) is 4.47 Å². The van der Waals surface area contributed by atoms with Gasteiger partial charge in [0.15, 0.2) is 0 Å². The van der Waals surface area contributed by atoms with Gasteiger partial charge < -0.3 is 11.1 Å². The summed E-state index contributed by atoms with van der Waals surface area (Å²) in [5.41, 5.74) is 8.80. The fourth-order valence-electron chi connectivity index (χ4n) is 1.85. The quantitative estimate of drug-likeness (QED) is 0.813. The predicted octanol–water partition coefficient (Wildman–Crippen LogP) is 4.04. The zero-order chi connectivity index (χ0) is 14.9. The molecule has 20 heavy (non-hydrogen) atoms. The van der Waals surface area contributed by atoms with Crippen molar-refractivity contribution in [2.75, 3.05) is 11.1 Å². The van der Waals surface area contributed by atoms with E-state index in [1.807, 2.05) is 13.8 Å². The average molecular weight is 337 g/mol. The summed E-state index contributed by atoms with van der Waals surface area (Å²) in [5, 5.41) is 2.64. The summed E-state index contributed by atoms with van der Waals surface area (Å²) in [7, 11) is 0. The van der Waals surface area contributed by atoms with E-state index in [9.17, 15) is 9.18 Å². The lowest BCUT2D eigenvalue weighted by Crippen LogP contribution is -2.16. The lowest BCUT2D eigenvalue weighted by molar-refractivity contribution is 0.102. The van der Waals surface area contributed by atoms with Crippen LogP contribution in [0.2, 0.25) is 0 Å². The molecular formula is C15H14BrFN2O. The molecule has 0 aliphatic carbocycles. The largest absolute Gasteiger partial charge is 0.397 e. The van der Waals surface area contributed by atoms with Gasteiger partial charge in [-0.3, -0.25) is 4.79 Å². The molecule has 0 unspecified atom stereocenters. The van der Waals surface area contributed by atoms with Crippen LogP contribution < -0.4 is 11.1 Å². The summed E-state index contributed by atoms with van der Waals surface area (Å²) in [4.78, 5) is 12.2. The van der Waals surface area contributed by atoms with Crippen molar-refractivity contribution >= 4 is 33.2 Å². The van der Waals surface area contributed by atoms with Gasteiger partial charge in [0.2, 0.25) is 0 Å². The Kier molecular flexibility index (Phi) is 4.09. The fourth-order valence-corrected chi connectivity index (χ4v) is 2.37. The zero-order valence-corrected chi connectivity index (χ0v) is 12.7. The van der Waals surface area contributed by atoms with E-state index in [2.05, 4.69) is 21.2 Å². The van der Waals surface area contributed by atoms with Crippen LogP contribution in [0.3, 0.4) is 0 Å². The van der Waals surface area contributed by atoms with Gasteiger partial charge in [0.05, 0.1) is 16.9 Å². The highest BCUT2D eigenvalue weighted by Crippen LogP contribution is 2.26. The van der Waals surface area contributed by atoms with Crippen molar-refractivity contribution in [3.05, 3.63) is 57.3 Å². The van der Waals surface area contributed by atoms with E-state index in [0.717, 1.165) is 11.1 Å². The van der Waals surface area contributed by atoms with Gasteiger partial charge in [0.1, 0.15) is 5.82 Å². The number of anilines is 2. The highest BCUT2D eigenvalue weighted by atomic mass is 79.9. The molecule has 0 aliphatic heterocycles. The third kappa shape index (κ3) is 2.82. The molecule has 0 fully saturated rings. The summed E-state index contributed by atoms with van der Waals surface area (Å²) in [5.74, 6) is -1.12. The Hall–Kier alpha value is -1.88. The van der Waals surface area contributed by atoms with E-state index in [-0.39, 0.29) is 5.56 Å². The molecule has 1 amide bonds. The van der Waals surface area contributed by atoms with Gasteiger partial charge in [0.25, 0.3) is 5.91 Å². The Morgan fingerprint density at radius 2 is 1.90 bits per heavy atom. The maximum Gasteiger partial charge on any atom is 0.259 e. The lowest BCUT2D eigenvalue weighted by atomic mass is 10.1. The van der Waals surface area contributed by atoms with Gasteiger partial charge in [-0.1, -0.05) is 6.07 Å². The first kappa shape index (κ1) is 14.5. The summed E-state index contributed by atoms with van der Waals surface area (Å²) < 4.78 is 14.1. The standard InChI is InChI=1S/C15H14BrFN2O/c1-8-6-12(18)13(7-9(8)2)19-15(20)14-10(16)4-3-5-11(14)17/h3-7H,18H2,1-2H3,(H,19,20). The van der Waals surface area contributed by atoms with Crippen molar-refractivity contribution in [1.82, 2.24) is 0 Å². The molecule has 2 rings (SSSR count). The number of rotatable bonds is 2. The molecule has 2 aromatic rings. The van der Waals surface area contributed by atoms with Crippen LogP contribution in [0, 0.1) is 19.7 Å². The Morgan fingerprint density at radius 1 is 1.25 bits per heavy atom. The SMILES string of the molecule is Cc1cc(N)c(NC(=O)c2c(F)cccc2Br)cc1C. The van der Waals surface area contributed by atoms with Crippen molar-refractivity contribution < 1.29 is 9.18 Å². The third-order valence-corrected chi connectivity index (χ3v) is 3.76. The number of aryl methyl sites for hydroxylation is 2. The topological polar surface area (TPSA) is 55.1 Å². The van der Waals surface area contributed by atoms with Gasteiger partial charge in [-0.15, -0.1) is 0 Å². The van der Waals surface area contributed by atoms with Gasteiger partial charge >= 0.3 is 0 Å². The number of nitrogens with one attached hydrogen (secondary N) is 1. The molecule has 0 radical (unpaired) electrons. The maximum absolute atomic E-state index is 13.7. The molecule has 0 aromatic heterocycles. The first-order valence-corrected chi connectivity index (χ1v) is 6.81.